The number of carbonyl (C=O) groups excluding carboxylic acids is 1. The van der Waals surface area contributed by atoms with Gasteiger partial charge in [0.25, 0.3) is 0 Å². The molecule has 0 aliphatic heterocycles. The molecule has 0 aliphatic carbocycles. The molecule has 5 nitrogen and oxygen atoms in total. The molecule has 0 fully saturated rings. The zero-order chi connectivity index (χ0) is 21.7. The van der Waals surface area contributed by atoms with Crippen LogP contribution in [-0.2, 0) is 18.4 Å². The molecule has 0 atom stereocenters. The van der Waals surface area contributed by atoms with E-state index in [9.17, 15) is 40.1 Å². The Bertz CT molecular complexity index is 579. The SMILES string of the molecule is CCOP(=O)(OCC)/C(=C\C(=O)N(CC)CC)C(F)(F)C(F)(F)C(F)(F)F. The fraction of sp³-hybridized carbons (Fsp3) is 0.786. The molecular formula is C14H21F7NO4P. The van der Waals surface area contributed by atoms with Crippen molar-refractivity contribution in [3.05, 3.63) is 11.4 Å². The molecule has 0 saturated carbocycles. The minimum atomic E-state index is -6.68. The Morgan fingerprint density at radius 1 is 0.926 bits per heavy atom. The topological polar surface area (TPSA) is 55.8 Å². The second-order valence-corrected chi connectivity index (χ2v) is 7.01. The van der Waals surface area contributed by atoms with Gasteiger partial charge in [0, 0.05) is 19.2 Å². The summed E-state index contributed by atoms with van der Waals surface area (Å²) in [5, 5.41) is -2.35. The molecule has 0 aromatic carbocycles. The van der Waals surface area contributed by atoms with Crippen LogP contribution in [-0.4, -0.2) is 55.1 Å². The maximum Gasteiger partial charge on any atom is 0.460 e. The summed E-state index contributed by atoms with van der Waals surface area (Å²) < 4.78 is 115. The number of allylic oxidation sites excluding steroid dienone is 1. The normalized spacial score (nSPS) is 14.4. The molecule has 0 aromatic rings. The summed E-state index contributed by atoms with van der Waals surface area (Å²) in [5.74, 6) is -14.0. The minimum absolute atomic E-state index is 0.0616. The number of rotatable bonds is 10. The number of hydrogen-bond acceptors (Lipinski definition) is 4. The number of nitrogens with zero attached hydrogens (tertiary/aromatic N) is 1. The van der Waals surface area contributed by atoms with Crippen LogP contribution in [0.1, 0.15) is 27.7 Å². The van der Waals surface area contributed by atoms with Crippen molar-refractivity contribution in [3.63, 3.8) is 0 Å². The first kappa shape index (κ1) is 25.9. The van der Waals surface area contributed by atoms with Crippen LogP contribution in [0.2, 0.25) is 0 Å². The van der Waals surface area contributed by atoms with Gasteiger partial charge in [-0.1, -0.05) is 0 Å². The highest BCUT2D eigenvalue weighted by Crippen LogP contribution is 2.65. The van der Waals surface area contributed by atoms with Crippen molar-refractivity contribution in [2.24, 2.45) is 0 Å². The van der Waals surface area contributed by atoms with Crippen LogP contribution in [0.3, 0.4) is 0 Å². The van der Waals surface area contributed by atoms with Crippen molar-refractivity contribution in [2.75, 3.05) is 26.3 Å². The van der Waals surface area contributed by atoms with Gasteiger partial charge >= 0.3 is 25.6 Å². The summed E-state index contributed by atoms with van der Waals surface area (Å²) in [6.45, 7) is 3.76. The molecule has 0 rings (SSSR count). The third-order valence-corrected chi connectivity index (χ3v) is 5.50. The molecule has 0 radical (unpaired) electrons. The van der Waals surface area contributed by atoms with Crippen molar-refractivity contribution in [1.82, 2.24) is 4.90 Å². The van der Waals surface area contributed by atoms with E-state index in [1.165, 1.54) is 13.8 Å². The van der Waals surface area contributed by atoms with Crippen molar-refractivity contribution in [2.45, 2.75) is 45.7 Å². The summed E-state index contributed by atoms with van der Waals surface area (Å²) in [4.78, 5) is 12.9. The lowest BCUT2D eigenvalue weighted by Gasteiger charge is -2.32. The Balaban J connectivity index is 6.70. The molecule has 0 spiro atoms. The van der Waals surface area contributed by atoms with Gasteiger partial charge in [0.15, 0.2) is 0 Å². The van der Waals surface area contributed by atoms with Gasteiger partial charge in [-0.05, 0) is 27.7 Å². The van der Waals surface area contributed by atoms with Crippen LogP contribution in [0, 0.1) is 0 Å². The first-order chi connectivity index (χ1) is 12.2. The van der Waals surface area contributed by atoms with Crippen LogP contribution in [0.5, 0.6) is 0 Å². The number of halogens is 7. The minimum Gasteiger partial charge on any atom is -0.340 e. The quantitative estimate of drug-likeness (QED) is 0.282. The van der Waals surface area contributed by atoms with Gasteiger partial charge in [-0.3, -0.25) is 9.36 Å². The van der Waals surface area contributed by atoms with Gasteiger partial charge in [0.2, 0.25) is 5.91 Å². The highest BCUT2D eigenvalue weighted by Gasteiger charge is 2.76. The van der Waals surface area contributed by atoms with Crippen molar-refractivity contribution in [1.29, 1.82) is 0 Å². The van der Waals surface area contributed by atoms with E-state index in [4.69, 9.17) is 0 Å². The second kappa shape index (κ2) is 9.38. The first-order valence-corrected chi connectivity index (χ1v) is 9.43. The highest BCUT2D eigenvalue weighted by molar-refractivity contribution is 7.58. The monoisotopic (exact) mass is 431 g/mol. The molecule has 0 saturated heterocycles. The lowest BCUT2D eigenvalue weighted by atomic mass is 10.1. The van der Waals surface area contributed by atoms with E-state index in [-0.39, 0.29) is 19.2 Å². The van der Waals surface area contributed by atoms with Crippen LogP contribution < -0.4 is 0 Å². The lowest BCUT2D eigenvalue weighted by Crippen LogP contribution is -2.53. The van der Waals surface area contributed by atoms with E-state index in [1.807, 2.05) is 0 Å². The summed E-state index contributed by atoms with van der Waals surface area (Å²) in [5.41, 5.74) is 0. The van der Waals surface area contributed by atoms with Gasteiger partial charge in [-0.2, -0.15) is 30.7 Å². The average molecular weight is 431 g/mol. The van der Waals surface area contributed by atoms with Crippen LogP contribution in [0.4, 0.5) is 30.7 Å². The smallest absolute Gasteiger partial charge is 0.340 e. The van der Waals surface area contributed by atoms with E-state index in [2.05, 4.69) is 9.05 Å². The number of carbonyl (C=O) groups is 1. The molecule has 160 valence electrons. The van der Waals surface area contributed by atoms with Crippen molar-refractivity contribution in [3.8, 4) is 0 Å². The summed E-state index contributed by atoms with van der Waals surface area (Å²) in [6, 6.07) is 0. The van der Waals surface area contributed by atoms with Gasteiger partial charge in [-0.25, -0.2) is 0 Å². The maximum atomic E-state index is 14.3. The van der Waals surface area contributed by atoms with Gasteiger partial charge in [-0.15, -0.1) is 0 Å². The summed E-state index contributed by atoms with van der Waals surface area (Å²) in [7, 11) is -5.35. The highest BCUT2D eigenvalue weighted by atomic mass is 31.2. The van der Waals surface area contributed by atoms with Gasteiger partial charge in [0.1, 0.15) is 5.31 Å². The predicted octanol–water partition coefficient (Wildman–Crippen LogP) is 4.84. The first-order valence-electron chi connectivity index (χ1n) is 7.89. The fourth-order valence-electron chi connectivity index (χ4n) is 1.94. The molecule has 1 amide bonds. The Hall–Kier alpha value is -1.13. The summed E-state index contributed by atoms with van der Waals surface area (Å²) >= 11 is 0. The molecular weight excluding hydrogens is 410 g/mol. The van der Waals surface area contributed by atoms with Crippen molar-refractivity contribution >= 4 is 13.5 Å². The van der Waals surface area contributed by atoms with Crippen LogP contribution in [0.25, 0.3) is 0 Å². The number of amides is 1. The molecule has 0 bridgehead atoms. The Labute approximate surface area is 152 Å². The van der Waals surface area contributed by atoms with Crippen molar-refractivity contribution < 1.29 is 49.1 Å². The van der Waals surface area contributed by atoms with E-state index in [0.717, 1.165) is 18.7 Å². The molecule has 13 heteroatoms. The number of alkyl halides is 7. The molecule has 0 aromatic heterocycles. The second-order valence-electron chi connectivity index (χ2n) is 5.02. The van der Waals surface area contributed by atoms with E-state index in [0.29, 0.717) is 0 Å². The zero-order valence-electron chi connectivity index (χ0n) is 15.1. The van der Waals surface area contributed by atoms with E-state index in [1.54, 1.807) is 0 Å². The molecule has 27 heavy (non-hydrogen) atoms. The zero-order valence-corrected chi connectivity index (χ0v) is 16.0. The molecule has 0 N–H and O–H groups in total. The van der Waals surface area contributed by atoms with E-state index < -0.39 is 50.1 Å². The van der Waals surface area contributed by atoms with Gasteiger partial charge in [0.05, 0.1) is 13.2 Å². The number of hydrogen-bond donors (Lipinski definition) is 0. The molecule has 0 unspecified atom stereocenters. The Kier molecular flexibility index (Phi) is 8.99. The Morgan fingerprint density at radius 3 is 1.63 bits per heavy atom. The number of likely N-dealkylation sites (N-methyl/N-ethyl adjacent to an activating group) is 1. The summed E-state index contributed by atoms with van der Waals surface area (Å²) in [6.07, 6.45) is -6.91. The van der Waals surface area contributed by atoms with Crippen LogP contribution in [0.15, 0.2) is 11.4 Å². The standard InChI is InChI=1S/C14H21F7NO4P/c1-5-22(6-2)11(23)9-10(27(24,25-7-3)26-8-4)12(15,16)13(17,18)14(19,20)21/h9H,5-8H2,1-4H3/b10-9-. The fourth-order valence-corrected chi connectivity index (χ4v) is 3.73. The lowest BCUT2D eigenvalue weighted by molar-refractivity contribution is -0.343. The molecule has 0 aliphatic rings. The maximum absolute atomic E-state index is 14.3. The third-order valence-electron chi connectivity index (χ3n) is 3.30. The predicted molar refractivity (Wildman–Crippen MR) is 82.8 cm³/mol. The Morgan fingerprint density at radius 2 is 1.33 bits per heavy atom. The third kappa shape index (κ3) is 5.45. The van der Waals surface area contributed by atoms with Gasteiger partial charge < -0.3 is 13.9 Å². The van der Waals surface area contributed by atoms with E-state index >= 15 is 0 Å². The largest absolute Gasteiger partial charge is 0.460 e. The average Bonchev–Trinajstić information content (AvgIpc) is 2.52. The van der Waals surface area contributed by atoms with Crippen LogP contribution >= 0.6 is 7.60 Å². The molecule has 0 heterocycles.